The van der Waals surface area contributed by atoms with E-state index in [1.165, 1.54) is 11.8 Å². The van der Waals surface area contributed by atoms with E-state index in [2.05, 4.69) is 10.5 Å². The van der Waals surface area contributed by atoms with Crippen LogP contribution in [0.3, 0.4) is 0 Å². The minimum atomic E-state index is -0.375. The lowest BCUT2D eigenvalue weighted by Gasteiger charge is -2.07. The number of nitrogens with zero attached hydrogens (tertiary/aromatic N) is 1. The summed E-state index contributed by atoms with van der Waals surface area (Å²) in [5.74, 6) is 0.395. The van der Waals surface area contributed by atoms with Crippen LogP contribution < -0.4 is 10.2 Å². The molecular formula is C21H20N2O3. The van der Waals surface area contributed by atoms with Crippen LogP contribution in [0.2, 0.25) is 0 Å². The fraction of sp³-hybridized carbons (Fsp3) is 0.143. The number of hydrogen-bond donors (Lipinski definition) is 2. The van der Waals surface area contributed by atoms with Crippen molar-refractivity contribution in [1.29, 1.82) is 0 Å². The van der Waals surface area contributed by atoms with Crippen LogP contribution in [0.5, 0.6) is 11.5 Å². The first kappa shape index (κ1) is 17.5. The molecule has 1 amide bonds. The molecule has 0 spiro atoms. The van der Waals surface area contributed by atoms with Crippen molar-refractivity contribution in [3.8, 4) is 11.5 Å². The molecule has 5 nitrogen and oxygen atoms in total. The van der Waals surface area contributed by atoms with Gasteiger partial charge in [-0.3, -0.25) is 4.79 Å². The maximum Gasteiger partial charge on any atom is 0.277 e. The molecule has 0 aliphatic heterocycles. The van der Waals surface area contributed by atoms with Gasteiger partial charge in [0.25, 0.3) is 5.91 Å². The molecule has 0 fully saturated rings. The Kier molecular flexibility index (Phi) is 5.17. The highest BCUT2D eigenvalue weighted by atomic mass is 16.5. The van der Waals surface area contributed by atoms with Gasteiger partial charge in [-0.1, -0.05) is 36.4 Å². The summed E-state index contributed by atoms with van der Waals surface area (Å²) >= 11 is 0. The third kappa shape index (κ3) is 4.00. The Hall–Kier alpha value is -3.34. The zero-order chi connectivity index (χ0) is 18.5. The van der Waals surface area contributed by atoms with Gasteiger partial charge in [-0.05, 0) is 48.6 Å². The minimum Gasteiger partial charge on any atom is -0.507 e. The molecule has 3 rings (SSSR count). The monoisotopic (exact) mass is 348 g/mol. The molecule has 0 saturated heterocycles. The molecule has 0 radical (unpaired) electrons. The minimum absolute atomic E-state index is 0.132. The number of rotatable bonds is 5. The summed E-state index contributed by atoms with van der Waals surface area (Å²) in [6.45, 7) is 3.87. The SMILES string of the molecule is Cc1ccc(OCC(=O)N/N=C\c2ccc3ccccc3c2O)cc1C. The van der Waals surface area contributed by atoms with Crippen molar-refractivity contribution in [2.75, 3.05) is 6.61 Å². The van der Waals surface area contributed by atoms with Gasteiger partial charge in [-0.15, -0.1) is 0 Å². The number of aromatic hydroxyl groups is 1. The number of hydrazone groups is 1. The largest absolute Gasteiger partial charge is 0.507 e. The summed E-state index contributed by atoms with van der Waals surface area (Å²) in [7, 11) is 0. The van der Waals surface area contributed by atoms with Crippen LogP contribution in [0.4, 0.5) is 0 Å². The summed E-state index contributed by atoms with van der Waals surface area (Å²) < 4.78 is 5.45. The summed E-state index contributed by atoms with van der Waals surface area (Å²) in [4.78, 5) is 11.8. The topological polar surface area (TPSA) is 70.9 Å². The molecule has 0 unspecified atom stereocenters. The maximum atomic E-state index is 11.8. The normalized spacial score (nSPS) is 11.0. The lowest BCUT2D eigenvalue weighted by molar-refractivity contribution is -0.123. The van der Waals surface area contributed by atoms with E-state index in [-0.39, 0.29) is 18.3 Å². The molecule has 0 heterocycles. The second-order valence-electron chi connectivity index (χ2n) is 6.05. The van der Waals surface area contributed by atoms with E-state index < -0.39 is 0 Å². The van der Waals surface area contributed by atoms with Crippen molar-refractivity contribution < 1.29 is 14.6 Å². The second kappa shape index (κ2) is 7.70. The van der Waals surface area contributed by atoms with Crippen LogP contribution in [-0.2, 0) is 4.79 Å². The number of hydrogen-bond acceptors (Lipinski definition) is 4. The first-order chi connectivity index (χ1) is 12.5. The number of ether oxygens (including phenoxy) is 1. The number of aryl methyl sites for hydroxylation is 2. The second-order valence-corrected chi connectivity index (χ2v) is 6.05. The van der Waals surface area contributed by atoms with Gasteiger partial charge in [-0.2, -0.15) is 5.10 Å². The molecule has 3 aromatic carbocycles. The van der Waals surface area contributed by atoms with Gasteiger partial charge in [0.1, 0.15) is 11.5 Å². The molecular weight excluding hydrogens is 328 g/mol. The Morgan fingerprint density at radius 2 is 1.92 bits per heavy atom. The van der Waals surface area contributed by atoms with Gasteiger partial charge >= 0.3 is 0 Å². The van der Waals surface area contributed by atoms with Crippen LogP contribution >= 0.6 is 0 Å². The molecule has 0 bridgehead atoms. The number of benzene rings is 3. The van der Waals surface area contributed by atoms with Gasteiger partial charge in [-0.25, -0.2) is 5.43 Å². The number of carbonyl (C=O) groups is 1. The van der Waals surface area contributed by atoms with E-state index >= 15 is 0 Å². The third-order valence-corrected chi connectivity index (χ3v) is 4.17. The van der Waals surface area contributed by atoms with Gasteiger partial charge < -0.3 is 9.84 Å². The van der Waals surface area contributed by atoms with E-state index in [1.807, 2.05) is 62.4 Å². The Morgan fingerprint density at radius 3 is 2.73 bits per heavy atom. The van der Waals surface area contributed by atoms with Crippen molar-refractivity contribution in [3.05, 3.63) is 71.3 Å². The lowest BCUT2D eigenvalue weighted by Crippen LogP contribution is -2.24. The van der Waals surface area contributed by atoms with E-state index in [4.69, 9.17) is 4.74 Å². The van der Waals surface area contributed by atoms with E-state index in [0.29, 0.717) is 11.3 Å². The molecule has 0 saturated carbocycles. The molecule has 26 heavy (non-hydrogen) atoms. The smallest absolute Gasteiger partial charge is 0.277 e. The number of nitrogens with one attached hydrogen (secondary N) is 1. The molecule has 0 aromatic heterocycles. The predicted molar refractivity (Wildman–Crippen MR) is 103 cm³/mol. The van der Waals surface area contributed by atoms with Crippen molar-refractivity contribution in [3.63, 3.8) is 0 Å². The van der Waals surface area contributed by atoms with Crippen LogP contribution in [0.25, 0.3) is 10.8 Å². The average Bonchev–Trinajstić information content (AvgIpc) is 2.65. The Morgan fingerprint density at radius 1 is 1.12 bits per heavy atom. The quantitative estimate of drug-likeness (QED) is 0.546. The number of phenolic OH excluding ortho intramolecular Hbond substituents is 1. The fourth-order valence-electron chi connectivity index (χ4n) is 2.53. The Bertz CT molecular complexity index is 980. The fourth-order valence-corrected chi connectivity index (χ4v) is 2.53. The van der Waals surface area contributed by atoms with Gasteiger partial charge in [0.05, 0.1) is 6.21 Å². The number of phenols is 1. The molecule has 0 aliphatic rings. The Labute approximate surface area is 151 Å². The zero-order valence-corrected chi connectivity index (χ0v) is 14.7. The van der Waals surface area contributed by atoms with Crippen LogP contribution in [-0.4, -0.2) is 23.8 Å². The first-order valence-electron chi connectivity index (χ1n) is 8.27. The summed E-state index contributed by atoms with van der Waals surface area (Å²) in [5.41, 5.74) is 5.20. The first-order valence-corrected chi connectivity index (χ1v) is 8.27. The zero-order valence-electron chi connectivity index (χ0n) is 14.7. The van der Waals surface area contributed by atoms with Crippen molar-refractivity contribution in [1.82, 2.24) is 5.43 Å². The molecule has 132 valence electrons. The lowest BCUT2D eigenvalue weighted by atomic mass is 10.1. The van der Waals surface area contributed by atoms with Gasteiger partial charge in [0.2, 0.25) is 0 Å². The highest BCUT2D eigenvalue weighted by Crippen LogP contribution is 2.27. The maximum absolute atomic E-state index is 11.8. The van der Waals surface area contributed by atoms with E-state index in [1.54, 1.807) is 6.07 Å². The summed E-state index contributed by atoms with van der Waals surface area (Å²) in [6.07, 6.45) is 1.41. The number of fused-ring (bicyclic) bond motifs is 1. The van der Waals surface area contributed by atoms with E-state index in [9.17, 15) is 9.90 Å². The summed E-state index contributed by atoms with van der Waals surface area (Å²) in [6, 6.07) is 16.8. The molecule has 5 heteroatoms. The van der Waals surface area contributed by atoms with Crippen LogP contribution in [0, 0.1) is 13.8 Å². The van der Waals surface area contributed by atoms with Gasteiger partial charge in [0.15, 0.2) is 6.61 Å². The van der Waals surface area contributed by atoms with Crippen LogP contribution in [0.1, 0.15) is 16.7 Å². The highest BCUT2D eigenvalue weighted by molar-refractivity contribution is 5.97. The average molecular weight is 348 g/mol. The molecule has 0 aliphatic carbocycles. The predicted octanol–water partition coefficient (Wildman–Crippen LogP) is 3.69. The molecule has 2 N–H and O–H groups in total. The number of carbonyl (C=O) groups excluding carboxylic acids is 1. The standard InChI is InChI=1S/C21H20N2O3/c1-14-7-10-18(11-15(14)2)26-13-20(24)23-22-12-17-9-8-16-5-3-4-6-19(16)21(17)25/h3-12,25H,13H2,1-2H3,(H,23,24)/b22-12-. The van der Waals surface area contributed by atoms with Gasteiger partial charge in [0, 0.05) is 10.9 Å². The van der Waals surface area contributed by atoms with Crippen molar-refractivity contribution in [2.24, 2.45) is 5.10 Å². The molecule has 3 aromatic rings. The number of amides is 1. The van der Waals surface area contributed by atoms with Crippen LogP contribution in [0.15, 0.2) is 59.7 Å². The third-order valence-electron chi connectivity index (χ3n) is 4.17. The highest BCUT2D eigenvalue weighted by Gasteiger charge is 2.05. The van der Waals surface area contributed by atoms with Crippen molar-refractivity contribution in [2.45, 2.75) is 13.8 Å². The van der Waals surface area contributed by atoms with E-state index in [0.717, 1.165) is 16.3 Å². The summed E-state index contributed by atoms with van der Waals surface area (Å²) in [5, 5.41) is 15.8. The molecule has 0 atom stereocenters. The Balaban J connectivity index is 1.59. The van der Waals surface area contributed by atoms with Crippen molar-refractivity contribution >= 4 is 22.9 Å².